The molecule has 0 saturated heterocycles. The van der Waals surface area contributed by atoms with Crippen molar-refractivity contribution < 1.29 is 14.3 Å². The standard InChI is InChI=1S/C25H32O3/c1-15-4-6-19(28-15)12-16-13-22-20-7-5-17-14-18(26)8-10-24(17,2)21(20)9-11-25(22,3)23(16)27/h4-6,12,18,20-22,26H,7-11,13-14H2,1-3H3/b16-12+/t18-,20+,21-,22+,24+,25+/m1/s1. The Balaban J connectivity index is 1.48. The van der Waals surface area contributed by atoms with E-state index in [0.29, 0.717) is 23.5 Å². The molecule has 1 aromatic rings. The van der Waals surface area contributed by atoms with E-state index in [1.165, 1.54) is 5.57 Å². The Morgan fingerprint density at radius 3 is 2.64 bits per heavy atom. The molecule has 0 radical (unpaired) electrons. The Hall–Kier alpha value is -1.61. The largest absolute Gasteiger partial charge is 0.462 e. The van der Waals surface area contributed by atoms with Gasteiger partial charge in [0.05, 0.1) is 6.10 Å². The fraction of sp³-hybridized carbons (Fsp3) is 0.640. The molecule has 3 heteroatoms. The maximum Gasteiger partial charge on any atom is 0.165 e. The molecule has 3 saturated carbocycles. The van der Waals surface area contributed by atoms with Crippen molar-refractivity contribution in [1.29, 1.82) is 0 Å². The fourth-order valence-corrected chi connectivity index (χ4v) is 7.14. The zero-order valence-electron chi connectivity index (χ0n) is 17.3. The van der Waals surface area contributed by atoms with Crippen LogP contribution in [0.5, 0.6) is 0 Å². The van der Waals surface area contributed by atoms with Crippen molar-refractivity contribution in [2.24, 2.45) is 28.6 Å². The summed E-state index contributed by atoms with van der Waals surface area (Å²) in [5.74, 6) is 3.70. The van der Waals surface area contributed by atoms with Gasteiger partial charge in [-0.3, -0.25) is 4.79 Å². The molecule has 0 spiro atoms. The number of aryl methyl sites for hydroxylation is 1. The van der Waals surface area contributed by atoms with Crippen LogP contribution in [0.4, 0.5) is 0 Å². The number of rotatable bonds is 1. The summed E-state index contributed by atoms with van der Waals surface area (Å²) in [6.45, 7) is 6.60. The van der Waals surface area contributed by atoms with Gasteiger partial charge in [0.15, 0.2) is 5.78 Å². The molecule has 3 nitrogen and oxygen atoms in total. The molecular weight excluding hydrogens is 348 g/mol. The lowest BCUT2D eigenvalue weighted by Gasteiger charge is -2.56. The molecule has 0 aromatic carbocycles. The van der Waals surface area contributed by atoms with Gasteiger partial charge in [0.1, 0.15) is 11.5 Å². The molecular formula is C25H32O3. The number of carbonyl (C=O) groups excluding carboxylic acids is 1. The number of carbonyl (C=O) groups is 1. The summed E-state index contributed by atoms with van der Waals surface area (Å²) in [5, 5.41) is 10.2. The van der Waals surface area contributed by atoms with Gasteiger partial charge in [-0.1, -0.05) is 25.5 Å². The summed E-state index contributed by atoms with van der Waals surface area (Å²) in [4.78, 5) is 13.4. The van der Waals surface area contributed by atoms with E-state index >= 15 is 0 Å². The molecule has 3 fully saturated rings. The molecule has 0 bridgehead atoms. The second-order valence-corrected chi connectivity index (χ2v) is 10.3. The summed E-state index contributed by atoms with van der Waals surface area (Å²) in [5.41, 5.74) is 2.45. The van der Waals surface area contributed by atoms with E-state index < -0.39 is 0 Å². The summed E-state index contributed by atoms with van der Waals surface area (Å²) < 4.78 is 5.72. The average molecular weight is 381 g/mol. The molecule has 0 amide bonds. The van der Waals surface area contributed by atoms with Crippen LogP contribution < -0.4 is 0 Å². The highest BCUT2D eigenvalue weighted by Gasteiger charge is 2.59. The second kappa shape index (κ2) is 6.19. The third kappa shape index (κ3) is 2.55. The number of aliphatic hydroxyl groups is 1. The minimum absolute atomic E-state index is 0.163. The zero-order valence-corrected chi connectivity index (χ0v) is 17.3. The summed E-state index contributed by atoms with van der Waals surface area (Å²) >= 11 is 0. The number of hydrogen-bond donors (Lipinski definition) is 1. The lowest BCUT2D eigenvalue weighted by Crippen LogP contribution is -2.50. The zero-order chi connectivity index (χ0) is 19.7. The van der Waals surface area contributed by atoms with Gasteiger partial charge in [0, 0.05) is 5.41 Å². The van der Waals surface area contributed by atoms with Crippen LogP contribution in [-0.2, 0) is 4.79 Å². The Labute approximate surface area is 167 Å². The van der Waals surface area contributed by atoms with Gasteiger partial charge in [-0.2, -0.15) is 0 Å². The summed E-state index contributed by atoms with van der Waals surface area (Å²) in [6.07, 6.45) is 11.2. The predicted molar refractivity (Wildman–Crippen MR) is 110 cm³/mol. The van der Waals surface area contributed by atoms with Crippen LogP contribution in [0.25, 0.3) is 6.08 Å². The van der Waals surface area contributed by atoms with E-state index in [0.717, 1.165) is 62.0 Å². The van der Waals surface area contributed by atoms with E-state index in [9.17, 15) is 9.90 Å². The maximum absolute atomic E-state index is 13.4. The van der Waals surface area contributed by atoms with Crippen LogP contribution in [0, 0.1) is 35.5 Å². The molecule has 4 aliphatic carbocycles. The Kier molecular flexibility index (Phi) is 4.07. The van der Waals surface area contributed by atoms with Gasteiger partial charge in [-0.15, -0.1) is 0 Å². The van der Waals surface area contributed by atoms with Crippen LogP contribution in [0.15, 0.2) is 33.8 Å². The Morgan fingerprint density at radius 1 is 1.11 bits per heavy atom. The van der Waals surface area contributed by atoms with Crippen molar-refractivity contribution in [2.75, 3.05) is 0 Å². The molecule has 5 rings (SSSR count). The molecule has 1 N–H and O–H groups in total. The van der Waals surface area contributed by atoms with E-state index in [1.54, 1.807) is 0 Å². The number of furan rings is 1. The van der Waals surface area contributed by atoms with Crippen molar-refractivity contribution in [3.63, 3.8) is 0 Å². The van der Waals surface area contributed by atoms with E-state index in [-0.39, 0.29) is 16.9 Å². The number of fused-ring (bicyclic) bond motifs is 5. The minimum atomic E-state index is -0.218. The molecule has 0 aliphatic heterocycles. The summed E-state index contributed by atoms with van der Waals surface area (Å²) in [6, 6.07) is 3.93. The maximum atomic E-state index is 13.4. The quantitative estimate of drug-likeness (QED) is 0.519. The normalized spacial score (nSPS) is 44.1. The van der Waals surface area contributed by atoms with Gasteiger partial charge < -0.3 is 9.52 Å². The van der Waals surface area contributed by atoms with Crippen LogP contribution in [-0.4, -0.2) is 17.0 Å². The first-order valence-electron chi connectivity index (χ1n) is 11.0. The molecule has 6 atom stereocenters. The molecule has 28 heavy (non-hydrogen) atoms. The van der Waals surface area contributed by atoms with Crippen molar-refractivity contribution in [3.05, 3.63) is 40.9 Å². The monoisotopic (exact) mass is 380 g/mol. The number of Topliss-reactive ketones (excluding diaryl/α,β-unsaturated/α-hetero) is 1. The van der Waals surface area contributed by atoms with Crippen molar-refractivity contribution >= 4 is 11.9 Å². The van der Waals surface area contributed by atoms with Crippen molar-refractivity contribution in [2.45, 2.75) is 71.8 Å². The fourth-order valence-electron chi connectivity index (χ4n) is 7.14. The Bertz CT molecular complexity index is 874. The van der Waals surface area contributed by atoms with Gasteiger partial charge in [-0.25, -0.2) is 0 Å². The third-order valence-electron chi connectivity index (χ3n) is 8.80. The van der Waals surface area contributed by atoms with Gasteiger partial charge in [-0.05, 0) is 98.8 Å². The van der Waals surface area contributed by atoms with Crippen LogP contribution in [0.2, 0.25) is 0 Å². The first-order chi connectivity index (χ1) is 13.3. The number of allylic oxidation sites excluding steroid dienone is 2. The predicted octanol–water partition coefficient (Wildman–Crippen LogP) is 5.47. The molecule has 1 heterocycles. The highest BCUT2D eigenvalue weighted by atomic mass is 16.3. The van der Waals surface area contributed by atoms with Crippen LogP contribution >= 0.6 is 0 Å². The van der Waals surface area contributed by atoms with E-state index in [2.05, 4.69) is 19.9 Å². The lowest BCUT2D eigenvalue weighted by atomic mass is 9.48. The molecule has 150 valence electrons. The molecule has 0 unspecified atom stereocenters. The SMILES string of the molecule is Cc1ccc(/C=C2\C[C@H]3[C@H]4CC=C5C[C@H](O)CC[C@]5(C)[C@@H]4CC[C@]3(C)C2=O)o1. The van der Waals surface area contributed by atoms with E-state index in [1.807, 2.05) is 25.1 Å². The molecule has 1 aromatic heterocycles. The first kappa shape index (κ1) is 18.4. The molecule has 4 aliphatic rings. The summed E-state index contributed by atoms with van der Waals surface area (Å²) in [7, 11) is 0. The highest BCUT2D eigenvalue weighted by Crippen LogP contribution is 2.64. The van der Waals surface area contributed by atoms with Gasteiger partial charge >= 0.3 is 0 Å². The third-order valence-corrected chi connectivity index (χ3v) is 8.80. The number of aliphatic hydroxyl groups excluding tert-OH is 1. The van der Waals surface area contributed by atoms with Gasteiger partial charge in [0.25, 0.3) is 0 Å². The minimum Gasteiger partial charge on any atom is -0.462 e. The lowest BCUT2D eigenvalue weighted by molar-refractivity contribution is -0.130. The second-order valence-electron chi connectivity index (χ2n) is 10.3. The first-order valence-corrected chi connectivity index (χ1v) is 11.0. The van der Waals surface area contributed by atoms with Crippen LogP contribution in [0.1, 0.15) is 70.3 Å². The van der Waals surface area contributed by atoms with Crippen molar-refractivity contribution in [3.8, 4) is 0 Å². The Morgan fingerprint density at radius 2 is 1.89 bits per heavy atom. The number of ketones is 1. The topological polar surface area (TPSA) is 50.4 Å². The highest BCUT2D eigenvalue weighted by molar-refractivity contribution is 6.05. The van der Waals surface area contributed by atoms with Crippen molar-refractivity contribution in [1.82, 2.24) is 0 Å². The average Bonchev–Trinajstić information content (AvgIpc) is 3.18. The van der Waals surface area contributed by atoms with Crippen LogP contribution in [0.3, 0.4) is 0 Å². The number of hydrogen-bond acceptors (Lipinski definition) is 3. The van der Waals surface area contributed by atoms with E-state index in [4.69, 9.17) is 4.42 Å². The smallest absolute Gasteiger partial charge is 0.165 e. The van der Waals surface area contributed by atoms with Gasteiger partial charge in [0.2, 0.25) is 0 Å².